The molecule has 0 radical (unpaired) electrons. The van der Waals surface area contributed by atoms with Crippen molar-refractivity contribution in [2.24, 2.45) is 0 Å². The molecule has 4 aromatic rings. The van der Waals surface area contributed by atoms with Crippen molar-refractivity contribution in [3.8, 4) is 11.6 Å². The predicted octanol–water partition coefficient (Wildman–Crippen LogP) is 2.58. The van der Waals surface area contributed by atoms with Crippen LogP contribution in [0.3, 0.4) is 0 Å². The second-order valence-electron chi connectivity index (χ2n) is 5.79. The van der Waals surface area contributed by atoms with Gasteiger partial charge in [-0.1, -0.05) is 60.3 Å². The molecule has 0 amide bonds. The number of aromatic nitrogens is 4. The van der Waals surface area contributed by atoms with Crippen molar-refractivity contribution in [2.45, 2.75) is 11.8 Å². The van der Waals surface area contributed by atoms with Crippen LogP contribution in [0.4, 0.5) is 0 Å². The molecular weight excluding hydrogens is 364 g/mol. The normalized spacial score (nSPS) is 11.1. The van der Waals surface area contributed by atoms with E-state index in [1.54, 1.807) is 6.07 Å². The lowest BCUT2D eigenvalue weighted by Gasteiger charge is -2.09. The maximum Gasteiger partial charge on any atom is 0.276 e. The molecule has 1 N–H and O–H groups in total. The van der Waals surface area contributed by atoms with Crippen LogP contribution in [0.25, 0.3) is 22.4 Å². The van der Waals surface area contributed by atoms with E-state index in [2.05, 4.69) is 15.3 Å². The molecule has 27 heavy (non-hydrogen) atoms. The van der Waals surface area contributed by atoms with Crippen molar-refractivity contribution in [3.63, 3.8) is 0 Å². The molecule has 2 aromatic heterocycles. The Kier molecular flexibility index (Phi) is 4.99. The van der Waals surface area contributed by atoms with Crippen LogP contribution in [0, 0.1) is 0 Å². The van der Waals surface area contributed by atoms with Crippen LogP contribution in [0.5, 0.6) is 0 Å². The minimum Gasteiger partial charge on any atom is -0.410 e. The molecule has 0 atom stereocenters. The minimum atomic E-state index is -0.174. The van der Waals surface area contributed by atoms with E-state index in [0.29, 0.717) is 34.0 Å². The molecule has 0 aliphatic rings. The van der Waals surface area contributed by atoms with Gasteiger partial charge in [0.05, 0.1) is 18.5 Å². The number of rotatable bonds is 6. The molecule has 0 fully saturated rings. The van der Waals surface area contributed by atoms with Crippen LogP contribution in [0.2, 0.25) is 0 Å². The number of fused-ring (bicyclic) bond motifs is 1. The zero-order valence-corrected chi connectivity index (χ0v) is 15.1. The highest BCUT2D eigenvalue weighted by Crippen LogP contribution is 2.26. The Morgan fingerprint density at radius 3 is 2.52 bits per heavy atom. The van der Waals surface area contributed by atoms with Gasteiger partial charge in [0.15, 0.2) is 5.69 Å². The zero-order valence-electron chi connectivity index (χ0n) is 14.3. The quantitative estimate of drug-likeness (QED) is 0.514. The summed E-state index contributed by atoms with van der Waals surface area (Å²) in [6, 6.07) is 16.9. The van der Waals surface area contributed by atoms with Gasteiger partial charge in [-0.3, -0.25) is 4.79 Å². The third kappa shape index (κ3) is 3.62. The summed E-state index contributed by atoms with van der Waals surface area (Å²) < 4.78 is 7.09. The fourth-order valence-corrected chi connectivity index (χ4v) is 3.26. The fourth-order valence-electron chi connectivity index (χ4n) is 2.75. The first kappa shape index (κ1) is 17.4. The molecule has 2 heterocycles. The molecule has 0 bridgehead atoms. The van der Waals surface area contributed by atoms with Crippen LogP contribution in [0.15, 0.2) is 69.0 Å². The van der Waals surface area contributed by atoms with Gasteiger partial charge in [0.1, 0.15) is 0 Å². The summed E-state index contributed by atoms with van der Waals surface area (Å²) in [5.41, 5.74) is 1.26. The highest BCUT2D eigenvalue weighted by molar-refractivity contribution is 7.99. The molecule has 0 saturated heterocycles. The summed E-state index contributed by atoms with van der Waals surface area (Å²) in [5, 5.41) is 23.1. The van der Waals surface area contributed by atoms with Gasteiger partial charge in [0.2, 0.25) is 0 Å². The van der Waals surface area contributed by atoms with Crippen LogP contribution in [0.1, 0.15) is 5.56 Å². The van der Waals surface area contributed by atoms with Gasteiger partial charge in [-0.15, -0.1) is 10.2 Å². The SMILES string of the molecule is O=c1c2ccccc2c(-c2nnc(SCCO)o2)nn1Cc1ccccc1. The Hall–Kier alpha value is -2.97. The molecule has 8 heteroatoms. The van der Waals surface area contributed by atoms with E-state index in [-0.39, 0.29) is 18.1 Å². The average Bonchev–Trinajstić information content (AvgIpc) is 3.18. The zero-order chi connectivity index (χ0) is 18.6. The van der Waals surface area contributed by atoms with Crippen LogP contribution < -0.4 is 5.56 Å². The largest absolute Gasteiger partial charge is 0.410 e. The summed E-state index contributed by atoms with van der Waals surface area (Å²) in [7, 11) is 0. The molecular formula is C19H16N4O3S. The summed E-state index contributed by atoms with van der Waals surface area (Å²) >= 11 is 1.26. The number of aliphatic hydroxyl groups excluding tert-OH is 1. The topological polar surface area (TPSA) is 94.0 Å². The van der Waals surface area contributed by atoms with Crippen molar-refractivity contribution in [1.29, 1.82) is 0 Å². The number of hydrogen-bond acceptors (Lipinski definition) is 7. The maximum absolute atomic E-state index is 12.9. The van der Waals surface area contributed by atoms with Gasteiger partial charge in [0.25, 0.3) is 16.7 Å². The molecule has 0 saturated carbocycles. The fraction of sp³-hybridized carbons (Fsp3) is 0.158. The van der Waals surface area contributed by atoms with Gasteiger partial charge in [-0.25, -0.2) is 4.68 Å². The number of aliphatic hydroxyl groups is 1. The maximum atomic E-state index is 12.9. The summed E-state index contributed by atoms with van der Waals surface area (Å²) in [6.45, 7) is 0.364. The lowest BCUT2D eigenvalue weighted by Crippen LogP contribution is -2.24. The van der Waals surface area contributed by atoms with E-state index in [1.807, 2.05) is 48.5 Å². The lowest BCUT2D eigenvalue weighted by molar-refractivity contribution is 0.322. The van der Waals surface area contributed by atoms with Crippen molar-refractivity contribution >= 4 is 22.5 Å². The van der Waals surface area contributed by atoms with E-state index in [4.69, 9.17) is 9.52 Å². The third-order valence-corrected chi connectivity index (χ3v) is 4.77. The lowest BCUT2D eigenvalue weighted by atomic mass is 10.1. The number of thioether (sulfide) groups is 1. The number of hydrogen-bond donors (Lipinski definition) is 1. The molecule has 0 unspecified atom stereocenters. The smallest absolute Gasteiger partial charge is 0.276 e. The van der Waals surface area contributed by atoms with Gasteiger partial charge < -0.3 is 9.52 Å². The Bertz CT molecular complexity index is 1120. The van der Waals surface area contributed by atoms with Crippen molar-refractivity contribution < 1.29 is 9.52 Å². The van der Waals surface area contributed by atoms with Crippen LogP contribution >= 0.6 is 11.8 Å². The van der Waals surface area contributed by atoms with E-state index in [9.17, 15) is 4.79 Å². The van der Waals surface area contributed by atoms with Gasteiger partial charge >= 0.3 is 0 Å². The average molecular weight is 380 g/mol. The number of benzene rings is 2. The number of nitrogens with zero attached hydrogens (tertiary/aromatic N) is 4. The molecule has 136 valence electrons. The van der Waals surface area contributed by atoms with Gasteiger partial charge in [-0.05, 0) is 11.6 Å². The van der Waals surface area contributed by atoms with E-state index in [0.717, 1.165) is 5.56 Å². The Morgan fingerprint density at radius 1 is 1.00 bits per heavy atom. The molecule has 2 aromatic carbocycles. The van der Waals surface area contributed by atoms with Gasteiger partial charge in [-0.2, -0.15) is 5.10 Å². The van der Waals surface area contributed by atoms with E-state index in [1.165, 1.54) is 16.4 Å². The predicted molar refractivity (Wildman–Crippen MR) is 103 cm³/mol. The molecule has 0 spiro atoms. The molecule has 7 nitrogen and oxygen atoms in total. The third-order valence-electron chi connectivity index (χ3n) is 3.97. The van der Waals surface area contributed by atoms with Crippen LogP contribution in [-0.4, -0.2) is 37.4 Å². The standard InChI is InChI=1S/C19H16N4O3S/c24-10-11-27-19-21-20-17(26-19)16-14-8-4-5-9-15(14)18(25)23(22-16)12-13-6-2-1-3-7-13/h1-9,24H,10-12H2. The first-order valence-electron chi connectivity index (χ1n) is 8.37. The van der Waals surface area contributed by atoms with Crippen molar-refractivity contribution in [3.05, 3.63) is 70.5 Å². The van der Waals surface area contributed by atoms with Crippen molar-refractivity contribution in [1.82, 2.24) is 20.0 Å². The van der Waals surface area contributed by atoms with Crippen molar-refractivity contribution in [2.75, 3.05) is 12.4 Å². The highest BCUT2D eigenvalue weighted by atomic mass is 32.2. The molecule has 0 aliphatic heterocycles. The summed E-state index contributed by atoms with van der Waals surface area (Å²) in [5.74, 6) is 0.706. The van der Waals surface area contributed by atoms with E-state index < -0.39 is 0 Å². The Labute approximate surface area is 158 Å². The summed E-state index contributed by atoms with van der Waals surface area (Å²) in [6.07, 6.45) is 0. The first-order valence-corrected chi connectivity index (χ1v) is 9.36. The molecule has 0 aliphatic carbocycles. The first-order chi connectivity index (χ1) is 13.3. The minimum absolute atomic E-state index is 0.0194. The summed E-state index contributed by atoms with van der Waals surface area (Å²) in [4.78, 5) is 12.9. The van der Waals surface area contributed by atoms with E-state index >= 15 is 0 Å². The Balaban J connectivity index is 1.83. The van der Waals surface area contributed by atoms with Gasteiger partial charge in [0, 0.05) is 11.1 Å². The van der Waals surface area contributed by atoms with Crippen LogP contribution in [-0.2, 0) is 6.54 Å². The second-order valence-corrected chi connectivity index (χ2v) is 6.83. The monoisotopic (exact) mass is 380 g/mol. The second kappa shape index (κ2) is 7.73. The Morgan fingerprint density at radius 2 is 1.74 bits per heavy atom. The highest BCUT2D eigenvalue weighted by Gasteiger charge is 2.17. The molecule has 4 rings (SSSR count).